The van der Waals surface area contributed by atoms with Gasteiger partial charge in [0.25, 0.3) is 5.91 Å². The summed E-state index contributed by atoms with van der Waals surface area (Å²) in [6, 6.07) is 0. The summed E-state index contributed by atoms with van der Waals surface area (Å²) in [5.74, 6) is -0.739. The number of carbonyl (C=O) groups is 2. The maximum atomic E-state index is 14.2. The molecule has 3 rings (SSSR count). The Kier molecular flexibility index (Phi) is 9.59. The van der Waals surface area contributed by atoms with Crippen molar-refractivity contribution in [2.24, 2.45) is 40.9 Å². The average Bonchev–Trinajstić information content (AvgIpc) is 3.14. The van der Waals surface area contributed by atoms with Gasteiger partial charge in [0.15, 0.2) is 17.8 Å². The van der Waals surface area contributed by atoms with Gasteiger partial charge in [0.1, 0.15) is 5.57 Å². The molecule has 0 saturated heterocycles. The van der Waals surface area contributed by atoms with Crippen LogP contribution in [-0.2, 0) is 14.3 Å². The largest absolute Gasteiger partial charge is 0.507 e. The lowest BCUT2D eigenvalue weighted by molar-refractivity contribution is -0.138. The molecule has 1 heterocycles. The van der Waals surface area contributed by atoms with Gasteiger partial charge in [-0.15, -0.1) is 0 Å². The monoisotopic (exact) mass is 515 g/mol. The zero-order valence-electron chi connectivity index (χ0n) is 23.1. The zero-order valence-corrected chi connectivity index (χ0v) is 23.1. The molecule has 0 aromatic rings. The molecule has 0 bridgehead atoms. The minimum absolute atomic E-state index is 0.00975. The van der Waals surface area contributed by atoms with E-state index in [4.69, 9.17) is 4.74 Å². The highest BCUT2D eigenvalue weighted by Gasteiger charge is 2.57. The van der Waals surface area contributed by atoms with Crippen molar-refractivity contribution in [1.82, 2.24) is 5.32 Å². The van der Waals surface area contributed by atoms with Crippen LogP contribution in [0.4, 0.5) is 0 Å². The molecule has 2 aliphatic carbocycles. The summed E-state index contributed by atoms with van der Waals surface area (Å²) >= 11 is 0. The topological polar surface area (TPSA) is 116 Å². The Morgan fingerprint density at radius 3 is 2.51 bits per heavy atom. The quantitative estimate of drug-likeness (QED) is 0.197. The number of rotatable bonds is 10. The number of allylic oxidation sites excluding steroid dienone is 4. The highest BCUT2D eigenvalue weighted by molar-refractivity contribution is 6.23. The number of aliphatic hydroxyl groups excluding tert-OH is 3. The summed E-state index contributed by atoms with van der Waals surface area (Å²) in [6.07, 6.45) is 12.1. The Balaban J connectivity index is 1.91. The Morgan fingerprint density at radius 2 is 1.89 bits per heavy atom. The average molecular weight is 516 g/mol. The summed E-state index contributed by atoms with van der Waals surface area (Å²) < 4.78 is 5.14. The van der Waals surface area contributed by atoms with Gasteiger partial charge in [-0.05, 0) is 55.3 Å². The molecular formula is C30H45NO6. The molecule has 0 aromatic heterocycles. The van der Waals surface area contributed by atoms with E-state index in [9.17, 15) is 24.9 Å². The molecule has 37 heavy (non-hydrogen) atoms. The molecular weight excluding hydrogens is 470 g/mol. The van der Waals surface area contributed by atoms with E-state index in [1.807, 2.05) is 39.0 Å². The second kappa shape index (κ2) is 12.1. The number of nitrogens with one attached hydrogen (secondary N) is 1. The van der Waals surface area contributed by atoms with Gasteiger partial charge < -0.3 is 25.4 Å². The van der Waals surface area contributed by atoms with Crippen molar-refractivity contribution in [1.29, 1.82) is 0 Å². The normalized spacial score (nSPS) is 36.6. The number of carbonyl (C=O) groups excluding carboxylic acids is 2. The first kappa shape index (κ1) is 29.3. The number of fused-ring (bicyclic) bond motifs is 1. The Morgan fingerprint density at radius 1 is 1.22 bits per heavy atom. The van der Waals surface area contributed by atoms with Crippen LogP contribution in [0.3, 0.4) is 0 Å². The third-order valence-electron chi connectivity index (χ3n) is 8.90. The molecule has 7 heteroatoms. The van der Waals surface area contributed by atoms with E-state index in [0.717, 1.165) is 12.8 Å². The fourth-order valence-electron chi connectivity index (χ4n) is 6.95. The Labute approximate surface area is 221 Å². The van der Waals surface area contributed by atoms with E-state index < -0.39 is 29.8 Å². The number of methoxy groups -OCH3 is 1. The first-order valence-corrected chi connectivity index (χ1v) is 13.7. The predicted octanol–water partition coefficient (Wildman–Crippen LogP) is 4.23. The van der Waals surface area contributed by atoms with Crippen molar-refractivity contribution in [3.8, 4) is 0 Å². The van der Waals surface area contributed by atoms with E-state index in [2.05, 4.69) is 25.2 Å². The number of ketones is 1. The lowest BCUT2D eigenvalue weighted by atomic mass is 9.49. The molecule has 0 aromatic carbocycles. The maximum Gasteiger partial charge on any atom is 0.260 e. The van der Waals surface area contributed by atoms with Crippen LogP contribution < -0.4 is 5.32 Å². The first-order chi connectivity index (χ1) is 17.4. The third-order valence-corrected chi connectivity index (χ3v) is 8.90. The number of ether oxygens (including phenoxy) is 1. The first-order valence-electron chi connectivity index (χ1n) is 13.7. The second-order valence-electron chi connectivity index (χ2n) is 11.6. The second-order valence-corrected chi connectivity index (χ2v) is 11.6. The highest BCUT2D eigenvalue weighted by Crippen LogP contribution is 2.56. The van der Waals surface area contributed by atoms with E-state index in [0.29, 0.717) is 18.8 Å². The standard InChI is InChI=1S/C30H45NO6/c1-7-23(33)18(3)10-8-9-11-22(32)16-21-13-12-20-15-17(2)14-19(4)25(20)30(21,5)27(35)24-26(34)29(37-6)31-28(24)36/h8-13,17-23,25,29,32-34H,7,14-16H2,1-6H3,(H,31,36)/b10-8+,11-9+. The highest BCUT2D eigenvalue weighted by atomic mass is 16.5. The number of hydrogen-bond acceptors (Lipinski definition) is 6. The van der Waals surface area contributed by atoms with E-state index in [1.54, 1.807) is 12.2 Å². The van der Waals surface area contributed by atoms with Crippen molar-refractivity contribution >= 4 is 11.7 Å². The molecule has 10 atom stereocenters. The van der Waals surface area contributed by atoms with Gasteiger partial charge in [0.05, 0.1) is 12.2 Å². The minimum atomic E-state index is -1.03. The van der Waals surface area contributed by atoms with Crippen LogP contribution in [0.25, 0.3) is 0 Å². The minimum Gasteiger partial charge on any atom is -0.507 e. The van der Waals surface area contributed by atoms with Crippen molar-refractivity contribution < 1.29 is 29.6 Å². The van der Waals surface area contributed by atoms with E-state index in [1.165, 1.54) is 7.11 Å². The summed E-state index contributed by atoms with van der Waals surface area (Å²) in [7, 11) is 1.37. The van der Waals surface area contributed by atoms with Crippen LogP contribution in [0.15, 0.2) is 47.8 Å². The zero-order chi connectivity index (χ0) is 27.5. The molecule has 1 amide bonds. The van der Waals surface area contributed by atoms with Crippen molar-refractivity contribution in [3.05, 3.63) is 47.8 Å². The predicted molar refractivity (Wildman–Crippen MR) is 143 cm³/mol. The van der Waals surface area contributed by atoms with Gasteiger partial charge in [-0.25, -0.2) is 0 Å². The van der Waals surface area contributed by atoms with Crippen molar-refractivity contribution in [2.75, 3.05) is 7.11 Å². The van der Waals surface area contributed by atoms with Gasteiger partial charge in [-0.2, -0.15) is 0 Å². The SMILES string of the molecule is CCC(O)C(C)/C=C/C=C/C(O)CC1C=CC2CC(C)CC(C)C2C1(C)C(=O)C1=C(O)C(OC)NC1=O. The summed E-state index contributed by atoms with van der Waals surface area (Å²) in [6.45, 7) is 10.2. The van der Waals surface area contributed by atoms with Gasteiger partial charge in [0.2, 0.25) is 0 Å². The summed E-state index contributed by atoms with van der Waals surface area (Å²) in [5, 5.41) is 34.1. The Hall–Kier alpha value is -2.22. The van der Waals surface area contributed by atoms with Crippen LogP contribution in [0.1, 0.15) is 60.3 Å². The van der Waals surface area contributed by atoms with Crippen LogP contribution in [-0.4, -0.2) is 52.6 Å². The molecule has 206 valence electrons. The molecule has 1 saturated carbocycles. The van der Waals surface area contributed by atoms with Crippen molar-refractivity contribution in [2.45, 2.75) is 78.7 Å². The van der Waals surface area contributed by atoms with Crippen LogP contribution in [0.5, 0.6) is 0 Å². The molecule has 7 nitrogen and oxygen atoms in total. The molecule has 1 aliphatic heterocycles. The third kappa shape index (κ3) is 5.94. The Bertz CT molecular complexity index is 967. The fourth-order valence-corrected chi connectivity index (χ4v) is 6.95. The lowest BCUT2D eigenvalue weighted by Gasteiger charge is -2.53. The van der Waals surface area contributed by atoms with Gasteiger partial charge in [0, 0.05) is 18.4 Å². The number of amides is 1. The van der Waals surface area contributed by atoms with Gasteiger partial charge >= 0.3 is 0 Å². The maximum absolute atomic E-state index is 14.2. The van der Waals surface area contributed by atoms with E-state index in [-0.39, 0.29) is 46.7 Å². The number of aliphatic hydroxyl groups is 3. The van der Waals surface area contributed by atoms with E-state index >= 15 is 0 Å². The molecule has 0 spiro atoms. The molecule has 10 unspecified atom stereocenters. The van der Waals surface area contributed by atoms with Crippen LogP contribution in [0.2, 0.25) is 0 Å². The molecule has 3 aliphatic rings. The van der Waals surface area contributed by atoms with Crippen LogP contribution >= 0.6 is 0 Å². The molecule has 4 N–H and O–H groups in total. The number of Topliss-reactive ketones (excluding diaryl/α,β-unsaturated/α-hetero) is 1. The van der Waals surface area contributed by atoms with Crippen LogP contribution in [0, 0.1) is 40.9 Å². The summed E-state index contributed by atoms with van der Waals surface area (Å²) in [5.41, 5.74) is -1.21. The molecule has 1 fully saturated rings. The fraction of sp³-hybridized carbons (Fsp3) is 0.667. The summed E-state index contributed by atoms with van der Waals surface area (Å²) in [4.78, 5) is 27.0. The smallest absolute Gasteiger partial charge is 0.260 e. The van der Waals surface area contributed by atoms with Gasteiger partial charge in [-0.3, -0.25) is 9.59 Å². The van der Waals surface area contributed by atoms with Gasteiger partial charge in [-0.1, -0.05) is 71.1 Å². The lowest BCUT2D eigenvalue weighted by Crippen LogP contribution is -2.53. The molecule has 0 radical (unpaired) electrons. The van der Waals surface area contributed by atoms with Crippen molar-refractivity contribution in [3.63, 3.8) is 0 Å². The number of hydrogen-bond donors (Lipinski definition) is 4.